The first-order valence-corrected chi connectivity index (χ1v) is 9.42. The van der Waals surface area contributed by atoms with Gasteiger partial charge in [0.2, 0.25) is 0 Å². The van der Waals surface area contributed by atoms with E-state index in [2.05, 4.69) is 20.9 Å². The molecule has 0 unspecified atom stereocenters. The first kappa shape index (κ1) is 16.2. The maximum Gasteiger partial charge on any atom is 0.271 e. The molecule has 5 nitrogen and oxygen atoms in total. The molecule has 23 heavy (non-hydrogen) atoms. The molecule has 120 valence electrons. The molecular weight excluding hydrogens is 380 g/mol. The van der Waals surface area contributed by atoms with E-state index in [0.29, 0.717) is 12.1 Å². The fourth-order valence-electron chi connectivity index (χ4n) is 2.30. The number of hydrogen-bond acceptors (Lipinski definition) is 4. The largest absolute Gasteiger partial charge is 0.328 e. The normalized spacial score (nSPS) is 11.9. The Morgan fingerprint density at radius 2 is 1.91 bits per heavy atom. The maximum atomic E-state index is 12.0. The van der Waals surface area contributed by atoms with Crippen molar-refractivity contribution in [3.63, 3.8) is 0 Å². The molecule has 0 spiro atoms. The minimum atomic E-state index is -3.59. The molecule has 0 atom stereocenters. The smallest absolute Gasteiger partial charge is 0.271 e. The average molecular weight is 395 g/mol. The quantitative estimate of drug-likeness (QED) is 0.601. The predicted octanol–water partition coefficient (Wildman–Crippen LogP) is 3.35. The molecule has 0 bridgehead atoms. The molecule has 0 aliphatic heterocycles. The van der Waals surface area contributed by atoms with Crippen LogP contribution in [0.1, 0.15) is 5.56 Å². The summed E-state index contributed by atoms with van der Waals surface area (Å²) in [4.78, 5) is 4.29. The average Bonchev–Trinajstić information content (AvgIpc) is 2.90. The van der Waals surface area contributed by atoms with Crippen LogP contribution in [-0.4, -0.2) is 24.6 Å². The van der Waals surface area contributed by atoms with Gasteiger partial charge in [-0.05, 0) is 23.8 Å². The molecule has 1 heterocycles. The summed E-state index contributed by atoms with van der Waals surface area (Å²) in [6, 6.07) is 14.8. The number of nitrogens with zero attached hydrogens (tertiary/aromatic N) is 2. The maximum absolute atomic E-state index is 12.0. The second kappa shape index (κ2) is 6.82. The van der Waals surface area contributed by atoms with E-state index in [1.807, 2.05) is 28.8 Å². The van der Waals surface area contributed by atoms with Gasteiger partial charge < -0.3 is 4.57 Å². The molecule has 0 saturated carbocycles. The van der Waals surface area contributed by atoms with Gasteiger partial charge in [0.15, 0.2) is 0 Å². The highest BCUT2D eigenvalue weighted by Gasteiger charge is 2.12. The van der Waals surface area contributed by atoms with Gasteiger partial charge in [0.05, 0.1) is 24.0 Å². The lowest BCUT2D eigenvalue weighted by molar-refractivity contribution is 0.302. The van der Waals surface area contributed by atoms with Gasteiger partial charge in [-0.15, -0.1) is 0 Å². The third-order valence-electron chi connectivity index (χ3n) is 3.36. The van der Waals surface area contributed by atoms with Crippen LogP contribution in [0, 0.1) is 0 Å². The van der Waals surface area contributed by atoms with Crippen molar-refractivity contribution in [1.29, 1.82) is 0 Å². The Bertz CT molecular complexity index is 907. The van der Waals surface area contributed by atoms with Crippen molar-refractivity contribution < 1.29 is 12.6 Å². The Morgan fingerprint density at radius 1 is 1.13 bits per heavy atom. The highest BCUT2D eigenvalue weighted by atomic mass is 79.9. The van der Waals surface area contributed by atoms with Crippen LogP contribution in [0.2, 0.25) is 0 Å². The van der Waals surface area contributed by atoms with Crippen molar-refractivity contribution in [3.8, 4) is 0 Å². The van der Waals surface area contributed by atoms with E-state index in [1.165, 1.54) is 0 Å². The van der Waals surface area contributed by atoms with Gasteiger partial charge >= 0.3 is 0 Å². The van der Waals surface area contributed by atoms with Crippen LogP contribution in [0.25, 0.3) is 11.0 Å². The van der Waals surface area contributed by atoms with Crippen LogP contribution < -0.4 is 0 Å². The van der Waals surface area contributed by atoms with E-state index in [1.54, 1.807) is 30.6 Å². The number of hydrogen-bond donors (Lipinski definition) is 0. The summed E-state index contributed by atoms with van der Waals surface area (Å²) in [5.74, 6) is -0.120. The monoisotopic (exact) mass is 394 g/mol. The van der Waals surface area contributed by atoms with Crippen LogP contribution in [-0.2, 0) is 26.6 Å². The van der Waals surface area contributed by atoms with Gasteiger partial charge in [-0.2, -0.15) is 8.42 Å². The summed E-state index contributed by atoms with van der Waals surface area (Å²) in [6.45, 7) is 0.503. The van der Waals surface area contributed by atoms with Crippen LogP contribution in [0.4, 0.5) is 0 Å². The number of halogens is 1. The lowest BCUT2D eigenvalue weighted by Gasteiger charge is -2.07. The third kappa shape index (κ3) is 4.19. The van der Waals surface area contributed by atoms with Crippen LogP contribution in [0.15, 0.2) is 59.3 Å². The Hall–Kier alpha value is -1.70. The first-order valence-electron chi connectivity index (χ1n) is 7.05. The second-order valence-electron chi connectivity index (χ2n) is 5.08. The van der Waals surface area contributed by atoms with Crippen molar-refractivity contribution in [2.45, 2.75) is 12.3 Å². The van der Waals surface area contributed by atoms with Crippen molar-refractivity contribution in [2.24, 2.45) is 0 Å². The molecule has 0 saturated heterocycles. The van der Waals surface area contributed by atoms with Gasteiger partial charge in [0.25, 0.3) is 10.1 Å². The van der Waals surface area contributed by atoms with Crippen LogP contribution >= 0.6 is 15.9 Å². The number of fused-ring (bicyclic) bond motifs is 1. The molecule has 1 aromatic heterocycles. The lowest BCUT2D eigenvalue weighted by atomic mass is 10.2. The van der Waals surface area contributed by atoms with E-state index in [4.69, 9.17) is 4.18 Å². The first-order chi connectivity index (χ1) is 11.0. The zero-order chi connectivity index (χ0) is 16.3. The number of aromatic nitrogens is 2. The highest BCUT2D eigenvalue weighted by Crippen LogP contribution is 2.18. The molecular formula is C16H15BrN2O3S. The second-order valence-corrected chi connectivity index (χ2v) is 7.64. The standard InChI is InChI=1S/C16H15BrN2O3S/c17-14-6-7-16-15(10-14)18-12-19(16)8-9-22-23(20,21)11-13-4-2-1-3-5-13/h1-7,10,12H,8-9,11H2. The summed E-state index contributed by atoms with van der Waals surface area (Å²) >= 11 is 3.40. The van der Waals surface area contributed by atoms with Crippen LogP contribution in [0.3, 0.4) is 0 Å². The molecule has 3 aromatic rings. The molecule has 0 N–H and O–H groups in total. The van der Waals surface area contributed by atoms with E-state index in [9.17, 15) is 8.42 Å². The molecule has 0 aliphatic rings. The van der Waals surface area contributed by atoms with Gasteiger partial charge in [0.1, 0.15) is 5.75 Å². The molecule has 0 radical (unpaired) electrons. The SMILES string of the molecule is O=S(=O)(Cc1ccccc1)OCCn1cnc2cc(Br)ccc21. The fraction of sp³-hybridized carbons (Fsp3) is 0.188. The van der Waals surface area contributed by atoms with Crippen molar-refractivity contribution in [2.75, 3.05) is 6.61 Å². The number of imidazole rings is 1. The summed E-state index contributed by atoms with van der Waals surface area (Å²) < 4.78 is 31.9. The highest BCUT2D eigenvalue weighted by molar-refractivity contribution is 9.10. The number of benzene rings is 2. The van der Waals surface area contributed by atoms with Crippen LogP contribution in [0.5, 0.6) is 0 Å². The molecule has 3 rings (SSSR count). The lowest BCUT2D eigenvalue weighted by Crippen LogP contribution is -2.13. The van der Waals surface area contributed by atoms with Crippen molar-refractivity contribution in [1.82, 2.24) is 9.55 Å². The summed E-state index contributed by atoms with van der Waals surface area (Å²) in [5.41, 5.74) is 2.51. The zero-order valence-electron chi connectivity index (χ0n) is 12.2. The minimum absolute atomic E-state index is 0.0801. The molecule has 2 aromatic carbocycles. The van der Waals surface area contributed by atoms with Gasteiger partial charge in [-0.25, -0.2) is 4.98 Å². The molecule has 0 fully saturated rings. The van der Waals surface area contributed by atoms with Crippen molar-refractivity contribution in [3.05, 3.63) is 64.9 Å². The minimum Gasteiger partial charge on any atom is -0.328 e. The fourth-order valence-corrected chi connectivity index (χ4v) is 3.66. The Labute approximate surface area is 143 Å². The summed E-state index contributed by atoms with van der Waals surface area (Å²) in [6.07, 6.45) is 1.68. The van der Waals surface area contributed by atoms with E-state index in [0.717, 1.165) is 15.5 Å². The molecule has 7 heteroatoms. The van der Waals surface area contributed by atoms with E-state index < -0.39 is 10.1 Å². The molecule has 0 aliphatic carbocycles. The summed E-state index contributed by atoms with van der Waals surface area (Å²) in [5, 5.41) is 0. The molecule has 0 amide bonds. The van der Waals surface area contributed by atoms with Gasteiger partial charge in [-0.3, -0.25) is 4.18 Å². The van der Waals surface area contributed by atoms with Crippen molar-refractivity contribution >= 4 is 37.1 Å². The predicted molar refractivity (Wildman–Crippen MR) is 92.5 cm³/mol. The van der Waals surface area contributed by atoms with E-state index >= 15 is 0 Å². The summed E-state index contributed by atoms with van der Waals surface area (Å²) in [7, 11) is -3.59. The Balaban J connectivity index is 1.62. The number of rotatable bonds is 6. The van der Waals surface area contributed by atoms with E-state index in [-0.39, 0.29) is 12.4 Å². The topological polar surface area (TPSA) is 61.2 Å². The van der Waals surface area contributed by atoms with Gasteiger partial charge in [-0.1, -0.05) is 46.3 Å². The Morgan fingerprint density at radius 3 is 2.70 bits per heavy atom. The third-order valence-corrected chi connectivity index (χ3v) is 5.07. The Kier molecular flexibility index (Phi) is 4.79. The zero-order valence-corrected chi connectivity index (χ0v) is 14.6. The van der Waals surface area contributed by atoms with Gasteiger partial charge in [0, 0.05) is 11.0 Å².